The maximum atomic E-state index is 9.10. The minimum Gasteiger partial charge on any atom is -0.491 e. The maximum Gasteiger partial charge on any atom is 0.414 e. The van der Waals surface area contributed by atoms with Gasteiger partial charge in [0.1, 0.15) is 18.2 Å². The van der Waals surface area contributed by atoms with Gasteiger partial charge in [-0.3, -0.25) is 0 Å². The number of anilines is 1. The highest BCUT2D eigenvalue weighted by molar-refractivity contribution is 6.27. The molecule has 36 heavy (non-hydrogen) atoms. The second-order valence-corrected chi connectivity index (χ2v) is 8.10. The van der Waals surface area contributed by atoms with E-state index in [1.165, 1.54) is 10.8 Å². The Labute approximate surface area is 209 Å². The Bertz CT molecular complexity index is 1180. The van der Waals surface area contributed by atoms with Gasteiger partial charge in [0.15, 0.2) is 0 Å². The molecule has 0 amide bonds. The smallest absolute Gasteiger partial charge is 0.414 e. The van der Waals surface area contributed by atoms with E-state index in [0.29, 0.717) is 6.61 Å². The minimum absolute atomic E-state index is 0.0190. The Morgan fingerprint density at radius 3 is 2.25 bits per heavy atom. The third-order valence-corrected chi connectivity index (χ3v) is 5.73. The standard InChI is InChI=1S/C25H29N3O2.C2H2O4/c1-2-27-13-15-28(16-14-27)25-24-6-4-3-5-21(24)19-22(26-25)10-7-20-8-11-23(12-9-20)30-18-17-29;3-1(4)2(5)6/h3-12,19,29H,2,13-18H2,1H3;(H,3,4)(H,5,6). The van der Waals surface area contributed by atoms with Crippen LogP contribution in [0.2, 0.25) is 0 Å². The number of carbonyl (C=O) groups is 2. The molecule has 0 bridgehead atoms. The maximum absolute atomic E-state index is 9.10. The highest BCUT2D eigenvalue weighted by Crippen LogP contribution is 2.27. The van der Waals surface area contributed by atoms with E-state index in [4.69, 9.17) is 34.6 Å². The molecule has 4 rings (SSSR count). The van der Waals surface area contributed by atoms with Gasteiger partial charge in [0.05, 0.1) is 12.3 Å². The lowest BCUT2D eigenvalue weighted by molar-refractivity contribution is -0.159. The molecule has 190 valence electrons. The number of aliphatic carboxylic acids is 2. The van der Waals surface area contributed by atoms with Gasteiger partial charge in [0.25, 0.3) is 0 Å². The third-order valence-electron chi connectivity index (χ3n) is 5.73. The summed E-state index contributed by atoms with van der Waals surface area (Å²) in [7, 11) is 0. The van der Waals surface area contributed by atoms with Crippen molar-refractivity contribution in [2.45, 2.75) is 6.92 Å². The van der Waals surface area contributed by atoms with Crippen LogP contribution in [-0.4, -0.2) is 83.1 Å². The number of piperazine rings is 1. The summed E-state index contributed by atoms with van der Waals surface area (Å²) in [6.45, 7) is 7.83. The van der Waals surface area contributed by atoms with Gasteiger partial charge in [0.2, 0.25) is 0 Å². The van der Waals surface area contributed by atoms with E-state index in [0.717, 1.165) is 55.5 Å². The van der Waals surface area contributed by atoms with Crippen molar-refractivity contribution in [3.05, 3.63) is 65.9 Å². The van der Waals surface area contributed by atoms with E-state index in [1.807, 2.05) is 24.3 Å². The Hall–Kier alpha value is -3.95. The van der Waals surface area contributed by atoms with Crippen molar-refractivity contribution in [1.82, 2.24) is 9.88 Å². The number of ether oxygens (including phenoxy) is 1. The highest BCUT2D eigenvalue weighted by Gasteiger charge is 2.19. The molecule has 1 saturated heterocycles. The van der Waals surface area contributed by atoms with Crippen LogP contribution in [0.5, 0.6) is 5.75 Å². The average Bonchev–Trinajstić information content (AvgIpc) is 2.91. The van der Waals surface area contributed by atoms with E-state index in [1.54, 1.807) is 0 Å². The van der Waals surface area contributed by atoms with Crippen molar-refractivity contribution in [3.8, 4) is 5.75 Å². The van der Waals surface area contributed by atoms with E-state index >= 15 is 0 Å². The zero-order valence-corrected chi connectivity index (χ0v) is 20.2. The summed E-state index contributed by atoms with van der Waals surface area (Å²) in [5, 5.41) is 26.1. The van der Waals surface area contributed by atoms with Crippen LogP contribution in [0.1, 0.15) is 18.2 Å². The van der Waals surface area contributed by atoms with Crippen LogP contribution >= 0.6 is 0 Å². The highest BCUT2D eigenvalue weighted by atomic mass is 16.5. The fourth-order valence-electron chi connectivity index (χ4n) is 3.82. The first-order chi connectivity index (χ1) is 17.4. The van der Waals surface area contributed by atoms with Crippen LogP contribution in [0.25, 0.3) is 22.9 Å². The molecule has 0 unspecified atom stereocenters. The number of fused-ring (bicyclic) bond motifs is 1. The number of hydrogen-bond donors (Lipinski definition) is 3. The number of benzene rings is 2. The number of pyridine rings is 1. The quantitative estimate of drug-likeness (QED) is 0.426. The van der Waals surface area contributed by atoms with Crippen LogP contribution in [-0.2, 0) is 9.59 Å². The molecule has 9 nitrogen and oxygen atoms in total. The Kier molecular flexibility index (Phi) is 9.79. The van der Waals surface area contributed by atoms with Crippen molar-refractivity contribution in [1.29, 1.82) is 0 Å². The molecular formula is C27H31N3O6. The third kappa shape index (κ3) is 7.53. The molecule has 2 aromatic carbocycles. The molecule has 1 aliphatic rings. The monoisotopic (exact) mass is 493 g/mol. The SMILES string of the molecule is CCN1CCN(c2nc(C=Cc3ccc(OCCO)cc3)cc3ccccc23)CC1.O=C(O)C(=O)O. The van der Waals surface area contributed by atoms with Crippen LogP contribution in [0.4, 0.5) is 5.82 Å². The summed E-state index contributed by atoms with van der Waals surface area (Å²) < 4.78 is 5.42. The van der Waals surface area contributed by atoms with Crippen LogP contribution in [0.15, 0.2) is 54.6 Å². The second kappa shape index (κ2) is 13.2. The lowest BCUT2D eigenvalue weighted by Gasteiger charge is -2.35. The van der Waals surface area contributed by atoms with Crippen LogP contribution in [0.3, 0.4) is 0 Å². The molecular weight excluding hydrogens is 462 g/mol. The number of hydrogen-bond acceptors (Lipinski definition) is 7. The molecule has 0 saturated carbocycles. The molecule has 0 aliphatic carbocycles. The molecule has 1 fully saturated rings. The number of rotatable bonds is 7. The van der Waals surface area contributed by atoms with Gasteiger partial charge in [-0.05, 0) is 41.8 Å². The topological polar surface area (TPSA) is 123 Å². The average molecular weight is 494 g/mol. The molecule has 9 heteroatoms. The first kappa shape index (κ1) is 26.7. The predicted molar refractivity (Wildman–Crippen MR) is 139 cm³/mol. The van der Waals surface area contributed by atoms with Crippen molar-refractivity contribution < 1.29 is 29.6 Å². The number of aliphatic hydroxyl groups excluding tert-OH is 1. The van der Waals surface area contributed by atoms with Gasteiger partial charge in [-0.15, -0.1) is 0 Å². The van der Waals surface area contributed by atoms with Crippen LogP contribution in [0, 0.1) is 0 Å². The fraction of sp³-hybridized carbons (Fsp3) is 0.296. The lowest BCUT2D eigenvalue weighted by atomic mass is 10.1. The number of nitrogens with zero attached hydrogens (tertiary/aromatic N) is 3. The van der Waals surface area contributed by atoms with E-state index < -0.39 is 11.9 Å². The lowest BCUT2D eigenvalue weighted by Crippen LogP contribution is -2.46. The number of likely N-dealkylation sites (N-methyl/N-ethyl adjacent to an activating group) is 1. The van der Waals surface area contributed by atoms with Crippen LogP contribution < -0.4 is 9.64 Å². The van der Waals surface area contributed by atoms with Gasteiger partial charge in [-0.25, -0.2) is 14.6 Å². The van der Waals surface area contributed by atoms with E-state index in [2.05, 4.69) is 59.2 Å². The van der Waals surface area contributed by atoms with Gasteiger partial charge >= 0.3 is 11.9 Å². The molecule has 1 aliphatic heterocycles. The summed E-state index contributed by atoms with van der Waals surface area (Å²) in [5.74, 6) is -1.81. The van der Waals surface area contributed by atoms with Crippen molar-refractivity contribution in [2.75, 3.05) is 50.8 Å². The summed E-state index contributed by atoms with van der Waals surface area (Å²) >= 11 is 0. The summed E-state index contributed by atoms with van der Waals surface area (Å²) in [6.07, 6.45) is 4.15. The summed E-state index contributed by atoms with van der Waals surface area (Å²) in [4.78, 5) is 28.1. The predicted octanol–water partition coefficient (Wildman–Crippen LogP) is 3.07. The van der Waals surface area contributed by atoms with Crippen molar-refractivity contribution >= 4 is 40.7 Å². The van der Waals surface area contributed by atoms with Gasteiger partial charge in [-0.2, -0.15) is 0 Å². The summed E-state index contributed by atoms with van der Waals surface area (Å²) in [6, 6.07) is 18.5. The molecule has 0 atom stereocenters. The number of aliphatic hydroxyl groups is 1. The molecule has 1 aromatic heterocycles. The Balaban J connectivity index is 0.000000538. The zero-order chi connectivity index (χ0) is 25.9. The summed E-state index contributed by atoms with van der Waals surface area (Å²) in [5.41, 5.74) is 2.04. The Morgan fingerprint density at radius 1 is 0.972 bits per heavy atom. The molecule has 2 heterocycles. The van der Waals surface area contributed by atoms with Gasteiger partial charge < -0.3 is 29.9 Å². The number of carboxylic acids is 2. The zero-order valence-electron chi connectivity index (χ0n) is 20.2. The fourth-order valence-corrected chi connectivity index (χ4v) is 3.82. The normalized spacial score (nSPS) is 13.9. The van der Waals surface area contributed by atoms with Gasteiger partial charge in [-0.1, -0.05) is 49.4 Å². The molecule has 0 radical (unpaired) electrons. The van der Waals surface area contributed by atoms with Gasteiger partial charge in [0, 0.05) is 31.6 Å². The molecule has 0 spiro atoms. The largest absolute Gasteiger partial charge is 0.491 e. The first-order valence-corrected chi connectivity index (χ1v) is 11.8. The molecule has 3 N–H and O–H groups in total. The number of carboxylic acid groups (broad SMARTS) is 2. The minimum atomic E-state index is -1.82. The Morgan fingerprint density at radius 2 is 1.64 bits per heavy atom. The number of aromatic nitrogens is 1. The van der Waals surface area contributed by atoms with E-state index in [9.17, 15) is 0 Å². The van der Waals surface area contributed by atoms with E-state index in [-0.39, 0.29) is 6.61 Å². The molecule has 3 aromatic rings. The first-order valence-electron chi connectivity index (χ1n) is 11.8. The van der Waals surface area contributed by atoms with Crippen molar-refractivity contribution in [3.63, 3.8) is 0 Å². The van der Waals surface area contributed by atoms with Crippen molar-refractivity contribution in [2.24, 2.45) is 0 Å². The second-order valence-electron chi connectivity index (χ2n) is 8.10.